The molecule has 3 rings (SSSR count). The molecule has 1 N–H and O–H groups in total. The van der Waals surface area contributed by atoms with Crippen molar-refractivity contribution in [2.75, 3.05) is 7.11 Å². The zero-order chi connectivity index (χ0) is 13.9. The van der Waals surface area contributed by atoms with E-state index in [9.17, 15) is 5.11 Å². The minimum atomic E-state index is 0.288. The molecule has 0 aliphatic rings. The van der Waals surface area contributed by atoms with Crippen LogP contribution in [-0.2, 0) is 6.61 Å². The molecule has 0 fully saturated rings. The fourth-order valence-corrected chi connectivity index (χ4v) is 3.06. The summed E-state index contributed by atoms with van der Waals surface area (Å²) in [6.07, 6.45) is 0. The molecule has 0 radical (unpaired) electrons. The third kappa shape index (κ3) is 2.42. The predicted octanol–water partition coefficient (Wildman–Crippen LogP) is 4.19. The van der Waals surface area contributed by atoms with Crippen molar-refractivity contribution in [2.45, 2.75) is 6.61 Å². The van der Waals surface area contributed by atoms with Crippen LogP contribution in [0.2, 0.25) is 0 Å². The SMILES string of the molecule is COc1ccccc1OCc1csc2cc(O)ccc12. The van der Waals surface area contributed by atoms with Gasteiger partial charge in [-0.3, -0.25) is 0 Å². The largest absolute Gasteiger partial charge is 0.508 e. The van der Waals surface area contributed by atoms with E-state index in [0.29, 0.717) is 6.61 Å². The lowest BCUT2D eigenvalue weighted by molar-refractivity contribution is 0.286. The van der Waals surface area contributed by atoms with Gasteiger partial charge >= 0.3 is 0 Å². The molecule has 0 spiro atoms. The number of phenolic OH excluding ortho intramolecular Hbond substituents is 1. The first-order chi connectivity index (χ1) is 9.78. The molecule has 0 aliphatic heterocycles. The lowest BCUT2D eigenvalue weighted by Gasteiger charge is -2.09. The molecule has 2 aromatic carbocycles. The van der Waals surface area contributed by atoms with Gasteiger partial charge in [0.15, 0.2) is 11.5 Å². The molecular weight excluding hydrogens is 272 g/mol. The number of fused-ring (bicyclic) bond motifs is 1. The number of ether oxygens (including phenoxy) is 2. The van der Waals surface area contributed by atoms with Gasteiger partial charge in [-0.2, -0.15) is 0 Å². The predicted molar refractivity (Wildman–Crippen MR) is 80.8 cm³/mol. The third-order valence-electron chi connectivity index (χ3n) is 3.09. The molecule has 1 heterocycles. The first-order valence-corrected chi connectivity index (χ1v) is 7.11. The van der Waals surface area contributed by atoms with Crippen LogP contribution >= 0.6 is 11.3 Å². The zero-order valence-corrected chi connectivity index (χ0v) is 11.8. The monoisotopic (exact) mass is 286 g/mol. The summed E-state index contributed by atoms with van der Waals surface area (Å²) in [7, 11) is 1.63. The van der Waals surface area contributed by atoms with Crippen molar-refractivity contribution in [1.82, 2.24) is 0 Å². The van der Waals surface area contributed by atoms with E-state index < -0.39 is 0 Å². The molecule has 0 saturated heterocycles. The molecule has 4 heteroatoms. The number of rotatable bonds is 4. The fraction of sp³-hybridized carbons (Fsp3) is 0.125. The van der Waals surface area contributed by atoms with Crippen LogP contribution in [0.1, 0.15) is 5.56 Å². The Kier molecular flexibility index (Phi) is 3.48. The van der Waals surface area contributed by atoms with Gasteiger partial charge in [-0.05, 0) is 41.1 Å². The highest BCUT2D eigenvalue weighted by Crippen LogP contribution is 2.31. The molecule has 0 saturated carbocycles. The highest BCUT2D eigenvalue weighted by molar-refractivity contribution is 7.17. The summed E-state index contributed by atoms with van der Waals surface area (Å²) >= 11 is 1.60. The molecule has 0 amide bonds. The van der Waals surface area contributed by atoms with E-state index in [0.717, 1.165) is 27.1 Å². The van der Waals surface area contributed by atoms with E-state index in [-0.39, 0.29) is 5.75 Å². The Hall–Kier alpha value is -2.20. The number of hydrogen-bond acceptors (Lipinski definition) is 4. The van der Waals surface area contributed by atoms with Crippen LogP contribution in [0.25, 0.3) is 10.1 Å². The van der Waals surface area contributed by atoms with E-state index in [2.05, 4.69) is 5.38 Å². The quantitative estimate of drug-likeness (QED) is 0.781. The lowest BCUT2D eigenvalue weighted by atomic mass is 10.2. The normalized spacial score (nSPS) is 10.7. The molecule has 0 bridgehead atoms. The summed E-state index contributed by atoms with van der Waals surface area (Å²) < 4.78 is 12.2. The number of phenols is 1. The third-order valence-corrected chi connectivity index (χ3v) is 4.09. The second kappa shape index (κ2) is 5.43. The number of hydrogen-bond donors (Lipinski definition) is 1. The van der Waals surface area contributed by atoms with Gasteiger partial charge in [0.25, 0.3) is 0 Å². The van der Waals surface area contributed by atoms with Crippen LogP contribution in [-0.4, -0.2) is 12.2 Å². The number of para-hydroxylation sites is 2. The number of methoxy groups -OCH3 is 1. The lowest BCUT2D eigenvalue weighted by Crippen LogP contribution is -1.96. The van der Waals surface area contributed by atoms with Gasteiger partial charge in [0, 0.05) is 10.3 Å². The van der Waals surface area contributed by atoms with Crippen LogP contribution in [0, 0.1) is 0 Å². The van der Waals surface area contributed by atoms with Gasteiger partial charge in [0.1, 0.15) is 12.4 Å². The maximum Gasteiger partial charge on any atom is 0.161 e. The number of benzene rings is 2. The van der Waals surface area contributed by atoms with E-state index in [1.165, 1.54) is 0 Å². The maximum absolute atomic E-state index is 9.47. The van der Waals surface area contributed by atoms with Crippen molar-refractivity contribution in [1.29, 1.82) is 0 Å². The van der Waals surface area contributed by atoms with E-state index >= 15 is 0 Å². The van der Waals surface area contributed by atoms with Gasteiger partial charge in [0.05, 0.1) is 7.11 Å². The number of thiophene rings is 1. The Bertz CT molecular complexity index is 733. The Balaban J connectivity index is 1.83. The van der Waals surface area contributed by atoms with Gasteiger partial charge in [-0.25, -0.2) is 0 Å². The fourth-order valence-electron chi connectivity index (χ4n) is 2.08. The minimum absolute atomic E-state index is 0.288. The first kappa shape index (κ1) is 12.8. The van der Waals surface area contributed by atoms with Crippen molar-refractivity contribution >= 4 is 21.4 Å². The Labute approximate surface area is 121 Å². The van der Waals surface area contributed by atoms with Crippen molar-refractivity contribution in [3.63, 3.8) is 0 Å². The molecule has 0 aliphatic carbocycles. The number of aromatic hydroxyl groups is 1. The van der Waals surface area contributed by atoms with Crippen molar-refractivity contribution in [2.24, 2.45) is 0 Å². The summed E-state index contributed by atoms with van der Waals surface area (Å²) in [5.74, 6) is 1.74. The smallest absolute Gasteiger partial charge is 0.161 e. The Morgan fingerprint density at radius 1 is 1.10 bits per heavy atom. The maximum atomic E-state index is 9.47. The summed E-state index contributed by atoms with van der Waals surface area (Å²) in [6, 6.07) is 13.0. The molecule has 3 nitrogen and oxygen atoms in total. The molecule has 20 heavy (non-hydrogen) atoms. The highest BCUT2D eigenvalue weighted by Gasteiger charge is 2.07. The first-order valence-electron chi connectivity index (χ1n) is 6.23. The second-order valence-corrected chi connectivity index (χ2v) is 5.29. The van der Waals surface area contributed by atoms with Crippen LogP contribution in [0.3, 0.4) is 0 Å². The average molecular weight is 286 g/mol. The summed E-state index contributed by atoms with van der Waals surface area (Å²) in [5, 5.41) is 12.6. The molecule has 1 aromatic heterocycles. The Morgan fingerprint density at radius 3 is 2.70 bits per heavy atom. The molecule has 3 aromatic rings. The van der Waals surface area contributed by atoms with Crippen LogP contribution in [0.4, 0.5) is 0 Å². The van der Waals surface area contributed by atoms with Crippen LogP contribution in [0.5, 0.6) is 17.2 Å². The van der Waals surface area contributed by atoms with Crippen molar-refractivity contribution in [3.05, 3.63) is 53.4 Å². The molecular formula is C16H14O3S. The minimum Gasteiger partial charge on any atom is -0.508 e. The second-order valence-electron chi connectivity index (χ2n) is 4.38. The van der Waals surface area contributed by atoms with Crippen molar-refractivity contribution < 1.29 is 14.6 Å². The highest BCUT2D eigenvalue weighted by atomic mass is 32.1. The molecule has 0 unspecified atom stereocenters. The van der Waals surface area contributed by atoms with E-state index in [1.54, 1.807) is 30.6 Å². The van der Waals surface area contributed by atoms with Gasteiger partial charge < -0.3 is 14.6 Å². The van der Waals surface area contributed by atoms with Crippen molar-refractivity contribution in [3.8, 4) is 17.2 Å². The van der Waals surface area contributed by atoms with E-state index in [1.807, 2.05) is 30.3 Å². The van der Waals surface area contributed by atoms with Gasteiger partial charge in [0.2, 0.25) is 0 Å². The zero-order valence-electron chi connectivity index (χ0n) is 11.0. The summed E-state index contributed by atoms with van der Waals surface area (Å²) in [5.41, 5.74) is 1.11. The molecule has 0 atom stereocenters. The van der Waals surface area contributed by atoms with Crippen LogP contribution in [0.15, 0.2) is 47.8 Å². The van der Waals surface area contributed by atoms with Gasteiger partial charge in [-0.1, -0.05) is 12.1 Å². The van der Waals surface area contributed by atoms with E-state index in [4.69, 9.17) is 9.47 Å². The topological polar surface area (TPSA) is 38.7 Å². The standard InChI is InChI=1S/C16H14O3S/c1-18-14-4-2-3-5-15(14)19-9-11-10-20-16-8-12(17)6-7-13(11)16/h2-8,10,17H,9H2,1H3. The summed E-state index contributed by atoms with van der Waals surface area (Å²) in [6.45, 7) is 0.477. The summed E-state index contributed by atoms with van der Waals surface area (Å²) in [4.78, 5) is 0. The Morgan fingerprint density at radius 2 is 1.90 bits per heavy atom. The van der Waals surface area contributed by atoms with Gasteiger partial charge in [-0.15, -0.1) is 11.3 Å². The average Bonchev–Trinajstić information content (AvgIpc) is 2.87. The van der Waals surface area contributed by atoms with Crippen LogP contribution < -0.4 is 9.47 Å². The molecule has 102 valence electrons.